The van der Waals surface area contributed by atoms with Gasteiger partial charge in [-0.05, 0) is 18.6 Å². The molecule has 0 saturated heterocycles. The van der Waals surface area contributed by atoms with Crippen molar-refractivity contribution in [2.45, 2.75) is 6.92 Å². The molecule has 0 atom stereocenters. The Bertz CT molecular complexity index is 535. The molecule has 0 saturated carbocycles. The van der Waals surface area contributed by atoms with Gasteiger partial charge in [-0.25, -0.2) is 8.78 Å². The molecule has 1 heterocycles. The second-order valence-corrected chi connectivity index (χ2v) is 3.43. The first-order chi connectivity index (χ1) is 7.50. The van der Waals surface area contributed by atoms with Gasteiger partial charge in [0.15, 0.2) is 0 Å². The molecule has 16 heavy (non-hydrogen) atoms. The van der Waals surface area contributed by atoms with Crippen molar-refractivity contribution in [3.05, 3.63) is 41.0 Å². The Morgan fingerprint density at radius 3 is 2.44 bits per heavy atom. The molecule has 1 aliphatic heterocycles. The molecule has 0 aromatic heterocycles. The number of nitrogens with one attached hydrogen (secondary N) is 1. The molecule has 1 aromatic rings. The van der Waals surface area contributed by atoms with Crippen LogP contribution >= 0.6 is 0 Å². The van der Waals surface area contributed by atoms with E-state index in [0.717, 1.165) is 12.1 Å². The van der Waals surface area contributed by atoms with Gasteiger partial charge in [0.2, 0.25) is 0 Å². The Morgan fingerprint density at radius 1 is 1.19 bits per heavy atom. The van der Waals surface area contributed by atoms with Crippen LogP contribution in [0.2, 0.25) is 0 Å². The SMILES string of the molecule is Cc1ccc(F)c(C2=CC(=O)NC2=O)c1F. The van der Waals surface area contributed by atoms with E-state index in [9.17, 15) is 18.4 Å². The minimum Gasteiger partial charge on any atom is -0.289 e. The Hall–Kier alpha value is -2.04. The first kappa shape index (κ1) is 10.5. The van der Waals surface area contributed by atoms with Crippen molar-refractivity contribution >= 4 is 17.4 Å². The minimum absolute atomic E-state index is 0.212. The number of hydrogen-bond acceptors (Lipinski definition) is 2. The molecule has 82 valence electrons. The molecule has 0 radical (unpaired) electrons. The van der Waals surface area contributed by atoms with Crippen molar-refractivity contribution < 1.29 is 18.4 Å². The summed E-state index contributed by atoms with van der Waals surface area (Å²) < 4.78 is 27.1. The monoisotopic (exact) mass is 223 g/mol. The van der Waals surface area contributed by atoms with Gasteiger partial charge in [0.1, 0.15) is 11.6 Å². The van der Waals surface area contributed by atoms with Crippen molar-refractivity contribution in [3.8, 4) is 0 Å². The lowest BCUT2D eigenvalue weighted by atomic mass is 10.0. The number of rotatable bonds is 1. The highest BCUT2D eigenvalue weighted by Gasteiger charge is 2.27. The van der Waals surface area contributed by atoms with E-state index in [-0.39, 0.29) is 11.1 Å². The van der Waals surface area contributed by atoms with Crippen LogP contribution < -0.4 is 5.32 Å². The Kier molecular flexibility index (Phi) is 2.30. The molecule has 0 unspecified atom stereocenters. The number of carbonyl (C=O) groups is 2. The number of carbonyl (C=O) groups excluding carboxylic acids is 2. The molecule has 0 aliphatic carbocycles. The average molecular weight is 223 g/mol. The highest BCUT2D eigenvalue weighted by molar-refractivity contribution is 6.33. The highest BCUT2D eigenvalue weighted by atomic mass is 19.1. The van der Waals surface area contributed by atoms with Gasteiger partial charge in [-0.1, -0.05) is 6.07 Å². The molecular formula is C11H7F2NO2. The normalized spacial score (nSPS) is 15.1. The molecule has 2 rings (SSSR count). The number of halogens is 2. The van der Waals surface area contributed by atoms with Gasteiger partial charge in [-0.2, -0.15) is 0 Å². The lowest BCUT2D eigenvalue weighted by Crippen LogP contribution is -2.22. The predicted octanol–water partition coefficient (Wildman–Crippen LogP) is 1.31. The molecule has 2 amide bonds. The first-order valence-electron chi connectivity index (χ1n) is 4.52. The van der Waals surface area contributed by atoms with Crippen molar-refractivity contribution in [2.24, 2.45) is 0 Å². The molecule has 0 fully saturated rings. The second-order valence-electron chi connectivity index (χ2n) is 3.43. The minimum atomic E-state index is -0.862. The largest absolute Gasteiger partial charge is 0.289 e. The van der Waals surface area contributed by atoms with Crippen LogP contribution in [0.3, 0.4) is 0 Å². The lowest BCUT2D eigenvalue weighted by Gasteiger charge is -2.06. The van der Waals surface area contributed by atoms with E-state index in [0.29, 0.717) is 0 Å². The van der Waals surface area contributed by atoms with Crippen LogP contribution in [-0.4, -0.2) is 11.8 Å². The molecule has 3 nitrogen and oxygen atoms in total. The zero-order valence-corrected chi connectivity index (χ0v) is 8.30. The number of amides is 2. The summed E-state index contributed by atoms with van der Waals surface area (Å²) in [4.78, 5) is 22.2. The fraction of sp³-hybridized carbons (Fsp3) is 0.0909. The van der Waals surface area contributed by atoms with Gasteiger partial charge in [-0.15, -0.1) is 0 Å². The number of imide groups is 1. The average Bonchev–Trinajstić information content (AvgIpc) is 2.53. The van der Waals surface area contributed by atoms with Gasteiger partial charge in [-0.3, -0.25) is 14.9 Å². The van der Waals surface area contributed by atoms with Gasteiger partial charge in [0, 0.05) is 6.08 Å². The summed E-state index contributed by atoms with van der Waals surface area (Å²) in [7, 11) is 0. The summed E-state index contributed by atoms with van der Waals surface area (Å²) in [6.07, 6.45) is 0.892. The van der Waals surface area contributed by atoms with E-state index in [1.165, 1.54) is 13.0 Å². The molecule has 0 bridgehead atoms. The summed E-state index contributed by atoms with van der Waals surface area (Å²) in [5.41, 5.74) is -0.517. The maximum atomic E-state index is 13.6. The number of benzene rings is 1. The summed E-state index contributed by atoms with van der Waals surface area (Å²) in [5.74, 6) is -3.14. The van der Waals surface area contributed by atoms with Gasteiger partial charge in [0.05, 0.1) is 11.1 Å². The van der Waals surface area contributed by atoms with Crippen LogP contribution in [0.1, 0.15) is 11.1 Å². The molecular weight excluding hydrogens is 216 g/mol. The third-order valence-corrected chi connectivity index (χ3v) is 2.31. The molecule has 1 aromatic carbocycles. The number of hydrogen-bond donors (Lipinski definition) is 1. The van der Waals surface area contributed by atoms with Crippen LogP contribution in [0.4, 0.5) is 8.78 Å². The fourth-order valence-corrected chi connectivity index (χ4v) is 1.50. The highest BCUT2D eigenvalue weighted by Crippen LogP contribution is 2.26. The van der Waals surface area contributed by atoms with Gasteiger partial charge >= 0.3 is 0 Å². The van der Waals surface area contributed by atoms with E-state index in [2.05, 4.69) is 0 Å². The number of aryl methyl sites for hydroxylation is 1. The van der Waals surface area contributed by atoms with E-state index >= 15 is 0 Å². The van der Waals surface area contributed by atoms with Gasteiger partial charge in [0.25, 0.3) is 11.8 Å². The standard InChI is InChI=1S/C11H7F2NO2/c1-5-2-3-7(12)9(10(5)13)6-4-8(15)14-11(6)16/h2-4H,1H3,(H,14,15,16). The Balaban J connectivity index is 2.65. The topological polar surface area (TPSA) is 46.2 Å². The fourth-order valence-electron chi connectivity index (χ4n) is 1.50. The van der Waals surface area contributed by atoms with Crippen molar-refractivity contribution in [1.82, 2.24) is 5.32 Å². The van der Waals surface area contributed by atoms with E-state index in [1.54, 1.807) is 0 Å². The van der Waals surface area contributed by atoms with Crippen molar-refractivity contribution in [1.29, 1.82) is 0 Å². The van der Waals surface area contributed by atoms with Crippen LogP contribution in [0.15, 0.2) is 18.2 Å². The van der Waals surface area contributed by atoms with E-state index in [1.807, 2.05) is 5.32 Å². The van der Waals surface area contributed by atoms with E-state index in [4.69, 9.17) is 0 Å². The maximum Gasteiger partial charge on any atom is 0.259 e. The summed E-state index contributed by atoms with van der Waals surface area (Å²) in [5, 5.41) is 1.94. The van der Waals surface area contributed by atoms with Crippen LogP contribution in [-0.2, 0) is 9.59 Å². The maximum absolute atomic E-state index is 13.6. The van der Waals surface area contributed by atoms with Crippen LogP contribution in [0.25, 0.3) is 5.57 Å². The van der Waals surface area contributed by atoms with Crippen molar-refractivity contribution in [3.63, 3.8) is 0 Å². The third-order valence-electron chi connectivity index (χ3n) is 2.31. The third kappa shape index (κ3) is 1.50. The van der Waals surface area contributed by atoms with Gasteiger partial charge < -0.3 is 0 Å². The summed E-state index contributed by atoms with van der Waals surface area (Å²) in [6, 6.07) is 2.33. The lowest BCUT2D eigenvalue weighted by molar-refractivity contribution is -0.123. The second kappa shape index (κ2) is 3.52. The predicted molar refractivity (Wildman–Crippen MR) is 52.2 cm³/mol. The zero-order valence-electron chi connectivity index (χ0n) is 8.30. The molecule has 1 aliphatic rings. The van der Waals surface area contributed by atoms with Crippen LogP contribution in [0.5, 0.6) is 0 Å². The Labute approximate surface area is 89.8 Å². The molecule has 5 heteroatoms. The summed E-state index contributed by atoms with van der Waals surface area (Å²) >= 11 is 0. The van der Waals surface area contributed by atoms with Crippen LogP contribution in [0, 0.1) is 18.6 Å². The summed E-state index contributed by atoms with van der Waals surface area (Å²) in [6.45, 7) is 1.45. The molecule has 1 N–H and O–H groups in total. The molecule has 0 spiro atoms. The first-order valence-corrected chi connectivity index (χ1v) is 4.52. The Morgan fingerprint density at radius 2 is 1.88 bits per heavy atom. The van der Waals surface area contributed by atoms with Crippen molar-refractivity contribution in [2.75, 3.05) is 0 Å². The smallest absolute Gasteiger partial charge is 0.259 e. The quantitative estimate of drug-likeness (QED) is 0.729. The van der Waals surface area contributed by atoms with E-state index < -0.39 is 29.0 Å². The zero-order chi connectivity index (χ0) is 11.9.